The summed E-state index contributed by atoms with van der Waals surface area (Å²) in [5.74, 6) is -3.13. The summed E-state index contributed by atoms with van der Waals surface area (Å²) in [6.45, 7) is 1.40. The van der Waals surface area contributed by atoms with E-state index in [1.165, 1.54) is 0 Å². The number of hydrogen-bond acceptors (Lipinski definition) is 3. The van der Waals surface area contributed by atoms with Crippen LogP contribution in [-0.2, 0) is 0 Å². The van der Waals surface area contributed by atoms with Gasteiger partial charge in [0, 0.05) is 26.2 Å². The molecule has 0 saturated carbocycles. The van der Waals surface area contributed by atoms with Gasteiger partial charge in [-0.1, -0.05) is 30.3 Å². The molecule has 1 aliphatic rings. The van der Waals surface area contributed by atoms with Crippen molar-refractivity contribution in [2.75, 3.05) is 32.8 Å². The van der Waals surface area contributed by atoms with Crippen molar-refractivity contribution in [3.05, 3.63) is 35.9 Å². The molecule has 1 aromatic rings. The van der Waals surface area contributed by atoms with Crippen LogP contribution in [0.15, 0.2) is 30.3 Å². The fraction of sp³-hybridized carbons (Fsp3) is 0.538. The lowest BCUT2D eigenvalue weighted by molar-refractivity contribution is -0.118. The van der Waals surface area contributed by atoms with E-state index in [9.17, 15) is 8.78 Å². The van der Waals surface area contributed by atoms with Gasteiger partial charge >= 0.3 is 0 Å². The fourth-order valence-electron chi connectivity index (χ4n) is 2.38. The van der Waals surface area contributed by atoms with Gasteiger partial charge in [0.1, 0.15) is 12.6 Å². The zero-order valence-corrected chi connectivity index (χ0v) is 11.4. The Hall–Kier alpha value is -0.750. The van der Waals surface area contributed by atoms with E-state index in [2.05, 4.69) is 5.32 Å². The maximum Gasteiger partial charge on any atom is 0.289 e. The van der Waals surface area contributed by atoms with Crippen molar-refractivity contribution < 1.29 is 13.9 Å². The lowest BCUT2D eigenvalue weighted by atomic mass is 9.98. The molecule has 1 atom stereocenters. The number of hydrogen-bond donors (Lipinski definition) is 2. The van der Waals surface area contributed by atoms with Crippen LogP contribution in [0.2, 0.25) is 0 Å². The first-order valence-electron chi connectivity index (χ1n) is 6.13. The number of alkyl halides is 2. The summed E-state index contributed by atoms with van der Waals surface area (Å²) in [6.07, 6.45) is 0. The minimum atomic E-state index is -3.13. The Morgan fingerprint density at radius 1 is 1.21 bits per heavy atom. The van der Waals surface area contributed by atoms with Gasteiger partial charge in [-0.05, 0) is 5.56 Å². The molecular formula is C13H19ClF2N2O. The SMILES string of the molecule is Cl.OCC(F)(F)[C@@H](c1ccccc1)N1CCNCC1. The van der Waals surface area contributed by atoms with E-state index in [4.69, 9.17) is 5.11 Å². The number of rotatable bonds is 4. The molecule has 1 aliphatic heterocycles. The van der Waals surface area contributed by atoms with Crippen LogP contribution in [0.3, 0.4) is 0 Å². The minimum Gasteiger partial charge on any atom is -0.390 e. The van der Waals surface area contributed by atoms with Crippen LogP contribution in [0.25, 0.3) is 0 Å². The zero-order valence-electron chi connectivity index (χ0n) is 10.6. The summed E-state index contributed by atoms with van der Waals surface area (Å²) in [6, 6.07) is 7.63. The Labute approximate surface area is 118 Å². The van der Waals surface area contributed by atoms with Gasteiger partial charge in [-0.25, -0.2) is 8.78 Å². The molecule has 2 rings (SSSR count). The van der Waals surface area contributed by atoms with E-state index in [0.717, 1.165) is 0 Å². The normalized spacial score (nSPS) is 18.7. The largest absolute Gasteiger partial charge is 0.390 e. The lowest BCUT2D eigenvalue weighted by Crippen LogP contribution is -2.51. The van der Waals surface area contributed by atoms with Crippen molar-refractivity contribution in [1.29, 1.82) is 0 Å². The summed E-state index contributed by atoms with van der Waals surface area (Å²) in [5, 5.41) is 12.1. The quantitative estimate of drug-likeness (QED) is 0.886. The van der Waals surface area contributed by atoms with E-state index in [1.54, 1.807) is 35.2 Å². The van der Waals surface area contributed by atoms with E-state index in [-0.39, 0.29) is 12.4 Å². The Morgan fingerprint density at radius 3 is 2.32 bits per heavy atom. The van der Waals surface area contributed by atoms with Gasteiger partial charge in [0.15, 0.2) is 0 Å². The predicted octanol–water partition coefficient (Wildman–Crippen LogP) is 1.68. The molecule has 0 spiro atoms. The van der Waals surface area contributed by atoms with Gasteiger partial charge in [0.05, 0.1) is 0 Å². The second-order valence-corrected chi connectivity index (χ2v) is 4.52. The molecule has 6 heteroatoms. The van der Waals surface area contributed by atoms with Crippen LogP contribution < -0.4 is 5.32 Å². The first kappa shape index (κ1) is 16.3. The molecule has 0 aromatic heterocycles. The number of nitrogens with zero attached hydrogens (tertiary/aromatic N) is 1. The third-order valence-electron chi connectivity index (χ3n) is 3.24. The van der Waals surface area contributed by atoms with Gasteiger partial charge in [-0.15, -0.1) is 12.4 Å². The van der Waals surface area contributed by atoms with Gasteiger partial charge in [-0.3, -0.25) is 4.90 Å². The molecule has 1 fully saturated rings. The molecule has 2 N–H and O–H groups in total. The zero-order chi connectivity index (χ0) is 13.0. The number of halogens is 3. The Balaban J connectivity index is 0.00000180. The standard InChI is InChI=1S/C13H18F2N2O.ClH/c14-13(15,10-18)12(11-4-2-1-3-5-11)17-8-6-16-7-9-17;/h1-5,12,16,18H,6-10H2;1H/t12-;/m1./s1. The highest BCUT2D eigenvalue weighted by atomic mass is 35.5. The lowest BCUT2D eigenvalue weighted by Gasteiger charge is -2.38. The summed E-state index contributed by atoms with van der Waals surface area (Å²) < 4.78 is 28.0. The van der Waals surface area contributed by atoms with Gasteiger partial charge in [0.25, 0.3) is 5.92 Å². The smallest absolute Gasteiger partial charge is 0.289 e. The Morgan fingerprint density at radius 2 is 1.79 bits per heavy atom. The summed E-state index contributed by atoms with van der Waals surface area (Å²) in [5.41, 5.74) is 0.554. The van der Waals surface area contributed by atoms with Crippen molar-refractivity contribution in [2.24, 2.45) is 0 Å². The summed E-state index contributed by atoms with van der Waals surface area (Å²) in [4.78, 5) is 1.74. The van der Waals surface area contributed by atoms with Crippen LogP contribution in [0.4, 0.5) is 8.78 Å². The number of aliphatic hydroxyl groups is 1. The first-order chi connectivity index (χ1) is 8.65. The average molecular weight is 293 g/mol. The summed E-state index contributed by atoms with van der Waals surface area (Å²) >= 11 is 0. The number of piperazine rings is 1. The molecule has 1 saturated heterocycles. The molecule has 108 valence electrons. The van der Waals surface area contributed by atoms with Crippen LogP contribution in [-0.4, -0.2) is 48.7 Å². The molecule has 3 nitrogen and oxygen atoms in total. The topological polar surface area (TPSA) is 35.5 Å². The van der Waals surface area contributed by atoms with Crippen molar-refractivity contribution in [1.82, 2.24) is 10.2 Å². The highest BCUT2D eigenvalue weighted by Crippen LogP contribution is 2.36. The maximum absolute atomic E-state index is 14.0. The minimum absolute atomic E-state index is 0. The third kappa shape index (κ3) is 3.86. The molecule has 1 heterocycles. The molecule has 19 heavy (non-hydrogen) atoms. The molecule has 0 radical (unpaired) electrons. The third-order valence-corrected chi connectivity index (χ3v) is 3.24. The molecule has 0 amide bonds. The first-order valence-corrected chi connectivity index (χ1v) is 6.13. The summed E-state index contributed by atoms with van der Waals surface area (Å²) in [7, 11) is 0. The van der Waals surface area contributed by atoms with Gasteiger partial charge in [0.2, 0.25) is 0 Å². The van der Waals surface area contributed by atoms with E-state index in [0.29, 0.717) is 31.7 Å². The molecular weight excluding hydrogens is 274 g/mol. The highest BCUT2D eigenvalue weighted by molar-refractivity contribution is 5.85. The van der Waals surface area contributed by atoms with Crippen molar-refractivity contribution >= 4 is 12.4 Å². The molecule has 1 aromatic carbocycles. The monoisotopic (exact) mass is 292 g/mol. The molecule has 0 unspecified atom stereocenters. The number of aliphatic hydroxyl groups excluding tert-OH is 1. The van der Waals surface area contributed by atoms with Crippen LogP contribution in [0.1, 0.15) is 11.6 Å². The number of benzene rings is 1. The molecule has 0 aliphatic carbocycles. The average Bonchev–Trinajstić information content (AvgIpc) is 2.41. The number of nitrogens with one attached hydrogen (secondary N) is 1. The predicted molar refractivity (Wildman–Crippen MR) is 72.9 cm³/mol. The van der Waals surface area contributed by atoms with E-state index < -0.39 is 18.6 Å². The van der Waals surface area contributed by atoms with Crippen LogP contribution >= 0.6 is 12.4 Å². The fourth-order valence-corrected chi connectivity index (χ4v) is 2.38. The van der Waals surface area contributed by atoms with Crippen LogP contribution in [0.5, 0.6) is 0 Å². The maximum atomic E-state index is 14.0. The second kappa shape index (κ2) is 7.14. The highest BCUT2D eigenvalue weighted by Gasteiger charge is 2.43. The van der Waals surface area contributed by atoms with Crippen molar-refractivity contribution in [3.8, 4) is 0 Å². The van der Waals surface area contributed by atoms with Gasteiger partial charge in [-0.2, -0.15) is 0 Å². The van der Waals surface area contributed by atoms with Crippen molar-refractivity contribution in [3.63, 3.8) is 0 Å². The van der Waals surface area contributed by atoms with E-state index in [1.807, 2.05) is 0 Å². The second-order valence-electron chi connectivity index (χ2n) is 4.52. The Bertz CT molecular complexity index is 372. The molecule has 0 bridgehead atoms. The van der Waals surface area contributed by atoms with E-state index >= 15 is 0 Å². The van der Waals surface area contributed by atoms with Crippen molar-refractivity contribution in [2.45, 2.75) is 12.0 Å². The van der Waals surface area contributed by atoms with Crippen LogP contribution in [0, 0.1) is 0 Å². The van der Waals surface area contributed by atoms with Gasteiger partial charge < -0.3 is 10.4 Å². The Kier molecular flexibility index (Phi) is 6.13.